The molecular formula is C12H16N4OS. The third-order valence-electron chi connectivity index (χ3n) is 3.04. The van der Waals surface area contributed by atoms with Crippen LogP contribution in [0.5, 0.6) is 0 Å². The fraction of sp³-hybridized carbons (Fsp3) is 0.417. The fourth-order valence-corrected chi connectivity index (χ4v) is 2.75. The average molecular weight is 264 g/mol. The molecule has 2 heterocycles. The molecule has 1 aliphatic carbocycles. The zero-order valence-electron chi connectivity index (χ0n) is 10.0. The molecule has 18 heavy (non-hydrogen) atoms. The van der Waals surface area contributed by atoms with Crippen molar-refractivity contribution in [1.29, 1.82) is 0 Å². The molecule has 0 bridgehead atoms. The second kappa shape index (κ2) is 5.09. The first-order valence-corrected chi connectivity index (χ1v) is 6.84. The summed E-state index contributed by atoms with van der Waals surface area (Å²) in [6.07, 6.45) is 6.17. The minimum Gasteiger partial charge on any atom is -0.468 e. The van der Waals surface area contributed by atoms with Gasteiger partial charge in [0.15, 0.2) is 5.13 Å². The molecule has 2 aromatic rings. The van der Waals surface area contributed by atoms with E-state index in [1.807, 2.05) is 18.3 Å². The number of hydrazine groups is 1. The molecule has 3 N–H and O–H groups in total. The van der Waals surface area contributed by atoms with Crippen LogP contribution in [-0.2, 0) is 13.1 Å². The van der Waals surface area contributed by atoms with Crippen molar-refractivity contribution in [3.8, 4) is 0 Å². The zero-order valence-corrected chi connectivity index (χ0v) is 10.8. The SMILES string of the molecule is NNc1ncc(CN(Cc2ccco2)C2CC2)s1. The smallest absolute Gasteiger partial charge is 0.197 e. The molecule has 0 radical (unpaired) electrons. The summed E-state index contributed by atoms with van der Waals surface area (Å²) in [5.41, 5.74) is 2.58. The minimum absolute atomic E-state index is 0.687. The molecule has 0 unspecified atom stereocenters. The molecule has 3 rings (SSSR count). The van der Waals surface area contributed by atoms with Crippen LogP contribution in [0.1, 0.15) is 23.5 Å². The Labute approximate surface area is 110 Å². The van der Waals surface area contributed by atoms with Crippen LogP contribution in [0, 0.1) is 0 Å². The first-order chi connectivity index (χ1) is 8.85. The van der Waals surface area contributed by atoms with Gasteiger partial charge < -0.3 is 4.42 Å². The van der Waals surface area contributed by atoms with Gasteiger partial charge in [0.2, 0.25) is 0 Å². The summed E-state index contributed by atoms with van der Waals surface area (Å²) in [6.45, 7) is 1.77. The summed E-state index contributed by atoms with van der Waals surface area (Å²) in [6, 6.07) is 4.64. The van der Waals surface area contributed by atoms with Crippen LogP contribution in [-0.4, -0.2) is 15.9 Å². The third kappa shape index (κ3) is 2.72. The highest BCUT2D eigenvalue weighted by molar-refractivity contribution is 7.15. The Morgan fingerprint density at radius 2 is 2.39 bits per heavy atom. The predicted octanol–water partition coefficient (Wildman–Crippen LogP) is 2.19. The number of furan rings is 1. The molecule has 1 saturated carbocycles. The Kier molecular flexibility index (Phi) is 3.31. The van der Waals surface area contributed by atoms with Crippen molar-refractivity contribution in [2.75, 3.05) is 5.43 Å². The number of nitrogens with two attached hydrogens (primary N) is 1. The summed E-state index contributed by atoms with van der Waals surface area (Å²) in [4.78, 5) is 7.86. The second-order valence-corrected chi connectivity index (χ2v) is 5.61. The Balaban J connectivity index is 1.66. The van der Waals surface area contributed by atoms with Gasteiger partial charge in [-0.1, -0.05) is 11.3 Å². The van der Waals surface area contributed by atoms with Crippen LogP contribution < -0.4 is 11.3 Å². The lowest BCUT2D eigenvalue weighted by Gasteiger charge is -2.19. The second-order valence-electron chi connectivity index (χ2n) is 4.49. The van der Waals surface area contributed by atoms with Gasteiger partial charge in [-0.25, -0.2) is 10.8 Å². The van der Waals surface area contributed by atoms with Crippen molar-refractivity contribution < 1.29 is 4.42 Å². The fourth-order valence-electron chi connectivity index (χ4n) is 2.00. The van der Waals surface area contributed by atoms with Crippen molar-refractivity contribution >= 4 is 16.5 Å². The Bertz CT molecular complexity index is 492. The van der Waals surface area contributed by atoms with Crippen LogP contribution in [0.25, 0.3) is 0 Å². The number of hydrogen-bond donors (Lipinski definition) is 2. The maximum Gasteiger partial charge on any atom is 0.197 e. The van der Waals surface area contributed by atoms with E-state index in [0.717, 1.165) is 24.0 Å². The normalized spacial score (nSPS) is 15.2. The molecular weight excluding hydrogens is 248 g/mol. The molecule has 96 valence electrons. The minimum atomic E-state index is 0.687. The van der Waals surface area contributed by atoms with Gasteiger partial charge in [0.05, 0.1) is 12.8 Å². The van der Waals surface area contributed by atoms with Crippen molar-refractivity contribution in [3.05, 3.63) is 35.2 Å². The van der Waals surface area contributed by atoms with Crippen LogP contribution in [0.4, 0.5) is 5.13 Å². The molecule has 0 aromatic carbocycles. The number of anilines is 1. The van der Waals surface area contributed by atoms with E-state index in [-0.39, 0.29) is 0 Å². The Hall–Kier alpha value is -1.37. The Morgan fingerprint density at radius 3 is 3.00 bits per heavy atom. The molecule has 0 spiro atoms. The van der Waals surface area contributed by atoms with Crippen molar-refractivity contribution in [2.24, 2.45) is 5.84 Å². The lowest BCUT2D eigenvalue weighted by atomic mass is 10.3. The number of hydrogen-bond acceptors (Lipinski definition) is 6. The summed E-state index contributed by atoms with van der Waals surface area (Å²) in [5.74, 6) is 6.36. The largest absolute Gasteiger partial charge is 0.468 e. The van der Waals surface area contributed by atoms with E-state index in [0.29, 0.717) is 6.04 Å². The van der Waals surface area contributed by atoms with E-state index in [1.165, 1.54) is 17.7 Å². The third-order valence-corrected chi connectivity index (χ3v) is 3.95. The van der Waals surface area contributed by atoms with Crippen LogP contribution in [0.3, 0.4) is 0 Å². The molecule has 1 aliphatic rings. The quantitative estimate of drug-likeness (QED) is 0.618. The first kappa shape index (κ1) is 11.7. The summed E-state index contributed by atoms with van der Waals surface area (Å²) >= 11 is 1.60. The van der Waals surface area contributed by atoms with Crippen molar-refractivity contribution in [3.63, 3.8) is 0 Å². The number of nitrogens with zero attached hydrogens (tertiary/aromatic N) is 2. The predicted molar refractivity (Wildman–Crippen MR) is 70.9 cm³/mol. The lowest BCUT2D eigenvalue weighted by molar-refractivity contribution is 0.227. The van der Waals surface area contributed by atoms with Gasteiger partial charge in [0.1, 0.15) is 5.76 Å². The Morgan fingerprint density at radius 1 is 1.50 bits per heavy atom. The van der Waals surface area contributed by atoms with Gasteiger partial charge in [0.25, 0.3) is 0 Å². The van der Waals surface area contributed by atoms with Gasteiger partial charge in [-0.05, 0) is 25.0 Å². The topological polar surface area (TPSA) is 67.3 Å². The lowest BCUT2D eigenvalue weighted by Crippen LogP contribution is -2.24. The van der Waals surface area contributed by atoms with E-state index in [1.54, 1.807) is 17.6 Å². The average Bonchev–Trinajstić information content (AvgIpc) is 2.92. The van der Waals surface area contributed by atoms with E-state index in [2.05, 4.69) is 15.3 Å². The highest BCUT2D eigenvalue weighted by atomic mass is 32.1. The van der Waals surface area contributed by atoms with E-state index < -0.39 is 0 Å². The molecule has 5 nitrogen and oxygen atoms in total. The molecule has 1 fully saturated rings. The number of thiazole rings is 1. The number of aromatic nitrogens is 1. The summed E-state index contributed by atoms with van der Waals surface area (Å²) < 4.78 is 5.42. The summed E-state index contributed by atoms with van der Waals surface area (Å²) in [7, 11) is 0. The van der Waals surface area contributed by atoms with Crippen LogP contribution in [0.15, 0.2) is 29.0 Å². The highest BCUT2D eigenvalue weighted by Crippen LogP contribution is 2.31. The van der Waals surface area contributed by atoms with Crippen molar-refractivity contribution in [2.45, 2.75) is 32.0 Å². The maximum absolute atomic E-state index is 5.42. The first-order valence-electron chi connectivity index (χ1n) is 6.03. The van der Waals surface area contributed by atoms with E-state index in [9.17, 15) is 0 Å². The molecule has 0 aliphatic heterocycles. The van der Waals surface area contributed by atoms with Gasteiger partial charge in [-0.2, -0.15) is 0 Å². The van der Waals surface area contributed by atoms with Crippen LogP contribution in [0.2, 0.25) is 0 Å². The zero-order chi connectivity index (χ0) is 12.4. The van der Waals surface area contributed by atoms with Crippen molar-refractivity contribution in [1.82, 2.24) is 9.88 Å². The number of nitrogen functional groups attached to an aromatic ring is 1. The number of rotatable bonds is 6. The molecule has 2 aromatic heterocycles. The maximum atomic E-state index is 5.42. The highest BCUT2D eigenvalue weighted by Gasteiger charge is 2.29. The summed E-state index contributed by atoms with van der Waals surface area (Å²) in [5, 5.41) is 0.763. The monoisotopic (exact) mass is 264 g/mol. The van der Waals surface area contributed by atoms with Gasteiger partial charge in [-0.15, -0.1) is 0 Å². The molecule has 6 heteroatoms. The number of nitrogens with one attached hydrogen (secondary N) is 1. The van der Waals surface area contributed by atoms with Gasteiger partial charge in [-0.3, -0.25) is 10.3 Å². The molecule has 0 saturated heterocycles. The van der Waals surface area contributed by atoms with Gasteiger partial charge in [0, 0.05) is 23.7 Å². The molecule has 0 atom stereocenters. The van der Waals surface area contributed by atoms with Gasteiger partial charge >= 0.3 is 0 Å². The molecule has 0 amide bonds. The standard InChI is InChI=1S/C12H16N4OS/c13-15-12-14-6-11(18-12)8-16(9-3-4-9)7-10-2-1-5-17-10/h1-2,5-6,9H,3-4,7-8,13H2,(H,14,15). The van der Waals surface area contributed by atoms with Crippen LogP contribution >= 0.6 is 11.3 Å². The van der Waals surface area contributed by atoms with E-state index in [4.69, 9.17) is 10.3 Å². The van der Waals surface area contributed by atoms with E-state index >= 15 is 0 Å².